The van der Waals surface area contributed by atoms with Crippen LogP contribution >= 0.6 is 11.8 Å². The Hall–Kier alpha value is -10.7. The summed E-state index contributed by atoms with van der Waals surface area (Å²) in [6.45, 7) is 74.3. The lowest BCUT2D eigenvalue weighted by molar-refractivity contribution is 0.479. The van der Waals surface area contributed by atoms with Crippen LogP contribution in [0.4, 0.5) is 0 Å². The van der Waals surface area contributed by atoms with Crippen molar-refractivity contribution in [1.29, 1.82) is 0 Å². The van der Waals surface area contributed by atoms with E-state index in [0.717, 1.165) is 34.5 Å². The lowest BCUT2D eigenvalue weighted by atomic mass is 9.79. The summed E-state index contributed by atoms with van der Waals surface area (Å²) in [5, 5.41) is 5.35. The number of benzene rings is 14. The van der Waals surface area contributed by atoms with E-state index in [1.165, 1.54) is 304 Å². The molecule has 117 heavy (non-hydrogen) atoms. The van der Waals surface area contributed by atoms with Gasteiger partial charge in [-0.1, -0.05) is 108 Å². The number of ether oxygens (including phenoxy) is 3. The molecule has 4 aliphatic heterocycles. The van der Waals surface area contributed by atoms with Crippen molar-refractivity contribution in [3.8, 4) is 124 Å². The van der Waals surface area contributed by atoms with Crippen LogP contribution in [0.25, 0.3) is 111 Å². The number of aryl methyl sites for hydroxylation is 9. The van der Waals surface area contributed by atoms with Crippen LogP contribution in [0.3, 0.4) is 0 Å². The van der Waals surface area contributed by atoms with Crippen molar-refractivity contribution in [2.24, 2.45) is 0 Å². The highest BCUT2D eigenvalue weighted by Crippen LogP contribution is 2.60. The highest BCUT2D eigenvalue weighted by Gasteiger charge is 2.36. The number of rotatable bonds is 0. The predicted molar refractivity (Wildman–Crippen MR) is 505 cm³/mol. The molecular formula is C113H118O3S. The smallest absolute Gasteiger partial charge is 0.139 e. The SMILES string of the molecule is Cc1cc2c(c(C)c1C)-c1c(C)c(C)c(C)c(C)c1Oc1c-2c(C)c2c(C)c(C)c(C)c(C)c2c1C.Cc1cc2c(c(C)c1C)-c1c(C)c(C)c(C)c(C)c1Oc1ccccc1-2.Cc1cc2c(c(C)c1C)-c1c(C)c(C)c(C)c(C)c1Sc1ccccc1-2.Cc1ccc2cc3c(c(C)c2c1)-c1c(C)c(C)c(C)c(C)c1Oc1ccccc1-3. The fraction of sp³-hybridized carbons (Fsp3) is 0.292. The van der Waals surface area contributed by atoms with E-state index in [9.17, 15) is 0 Å². The molecule has 4 heterocycles. The maximum Gasteiger partial charge on any atom is 0.139 e. The molecule has 0 N–H and O–H groups in total. The highest BCUT2D eigenvalue weighted by molar-refractivity contribution is 7.99. The van der Waals surface area contributed by atoms with E-state index in [0.29, 0.717) is 0 Å². The van der Waals surface area contributed by atoms with Crippen LogP contribution in [0.1, 0.15) is 184 Å². The summed E-state index contributed by atoms with van der Waals surface area (Å²) in [4.78, 5) is 2.80. The zero-order chi connectivity index (χ0) is 84.5. The minimum atomic E-state index is 0.934. The molecule has 0 saturated carbocycles. The topological polar surface area (TPSA) is 27.7 Å². The number of fused-ring (bicyclic) bond motifs is 22. The maximum absolute atomic E-state index is 7.15. The Kier molecular flexibility index (Phi) is 20.9. The molecule has 3 nitrogen and oxygen atoms in total. The third kappa shape index (κ3) is 12.6. The molecule has 14 aromatic carbocycles. The van der Waals surface area contributed by atoms with E-state index in [4.69, 9.17) is 14.2 Å². The van der Waals surface area contributed by atoms with E-state index in [1.54, 1.807) is 0 Å². The van der Waals surface area contributed by atoms with Gasteiger partial charge < -0.3 is 14.2 Å². The Bertz CT molecular complexity index is 6560. The molecule has 14 aromatic rings. The van der Waals surface area contributed by atoms with E-state index in [-0.39, 0.29) is 0 Å². The largest absolute Gasteiger partial charge is 0.456 e. The molecule has 4 heteroatoms. The second-order valence-electron chi connectivity index (χ2n) is 35.2. The zero-order valence-corrected chi connectivity index (χ0v) is 76.9. The first-order valence-electron chi connectivity index (χ1n) is 42.2. The van der Waals surface area contributed by atoms with Gasteiger partial charge in [0.2, 0.25) is 0 Å². The van der Waals surface area contributed by atoms with Crippen molar-refractivity contribution >= 4 is 33.3 Å². The van der Waals surface area contributed by atoms with Gasteiger partial charge in [0, 0.05) is 48.7 Å². The Morgan fingerprint density at radius 2 is 0.521 bits per heavy atom. The van der Waals surface area contributed by atoms with Crippen LogP contribution in [0.5, 0.6) is 34.5 Å². The van der Waals surface area contributed by atoms with Gasteiger partial charge in [-0.3, -0.25) is 0 Å². The summed E-state index contributed by atoms with van der Waals surface area (Å²) in [6, 6.07) is 42.0. The molecule has 0 spiro atoms. The van der Waals surface area contributed by atoms with Crippen molar-refractivity contribution < 1.29 is 14.2 Å². The van der Waals surface area contributed by atoms with Gasteiger partial charge in [0.05, 0.1) is 0 Å². The zero-order valence-electron chi connectivity index (χ0n) is 76.1. The predicted octanol–water partition coefficient (Wildman–Crippen LogP) is 33.3. The molecule has 0 fully saturated rings. The first-order valence-corrected chi connectivity index (χ1v) is 43.0. The van der Waals surface area contributed by atoms with E-state index >= 15 is 0 Å². The van der Waals surface area contributed by atoms with Crippen molar-refractivity contribution in [3.05, 3.63) is 299 Å². The van der Waals surface area contributed by atoms with Gasteiger partial charge in [0.15, 0.2) is 0 Å². The van der Waals surface area contributed by atoms with E-state index in [1.807, 2.05) is 11.8 Å². The lowest BCUT2D eigenvalue weighted by Crippen LogP contribution is -2.02. The first kappa shape index (κ1) is 81.5. The summed E-state index contributed by atoms with van der Waals surface area (Å²) in [7, 11) is 0. The standard InChI is InChI=1S/C35H40O.C28H26O.C25H26O.C25H26S/c1-15-14-28-31(21(7)16(15)2)33-24(10)19(5)20(6)25(11)34(33)36-35-27(13)30-23(9)18(4)17(3)22(8)29(30)26(12)32(28)35;1-15-11-12-21-14-24-22-9-7-8-10-25(22)29-28-19(5)17(3)16(2)18(4)27(28)26(24)20(6)23(21)13-15;2*1-13-12-21-20-10-8-9-11-22(20)26-25-19(7)16(4)15(3)18(6)24(25)23(21)17(5)14(13)2/h14H,1-13H3;7-14H,1-6H3;2*8-12H,1-7H3. The number of hydrogen-bond donors (Lipinski definition) is 0. The van der Waals surface area contributed by atoms with Gasteiger partial charge in [-0.2, -0.15) is 0 Å². The van der Waals surface area contributed by atoms with Crippen molar-refractivity contribution in [1.82, 2.24) is 0 Å². The average molecular weight is 1560 g/mol. The van der Waals surface area contributed by atoms with Crippen LogP contribution in [-0.2, 0) is 0 Å². The van der Waals surface area contributed by atoms with Crippen molar-refractivity contribution in [3.63, 3.8) is 0 Å². The molecule has 4 aliphatic rings. The Morgan fingerprint density at radius 3 is 0.991 bits per heavy atom. The molecule has 0 aliphatic carbocycles. The Morgan fingerprint density at radius 1 is 0.197 bits per heavy atom. The molecule has 18 rings (SSSR count). The second kappa shape index (κ2) is 30.1. The molecule has 0 unspecified atom stereocenters. The van der Waals surface area contributed by atoms with Crippen molar-refractivity contribution in [2.45, 2.75) is 238 Å². The molecule has 594 valence electrons. The summed E-state index contributed by atoms with van der Waals surface area (Å²) in [6.07, 6.45) is 0. The number of para-hydroxylation sites is 2. The summed E-state index contributed by atoms with van der Waals surface area (Å²) in [5.41, 5.74) is 65.3. The third-order valence-corrected chi connectivity index (χ3v) is 30.9. The molecular weight excluding hydrogens is 1440 g/mol. The van der Waals surface area contributed by atoms with Crippen LogP contribution in [0.2, 0.25) is 0 Å². The second-order valence-corrected chi connectivity index (χ2v) is 36.2. The Labute approximate surface area is 703 Å². The van der Waals surface area contributed by atoms with Gasteiger partial charge in [-0.15, -0.1) is 0 Å². The van der Waals surface area contributed by atoms with Crippen LogP contribution in [-0.4, -0.2) is 0 Å². The first-order chi connectivity index (χ1) is 55.3. The lowest BCUT2D eigenvalue weighted by Gasteiger charge is -2.24. The maximum atomic E-state index is 7.15. The normalized spacial score (nSPS) is 12.1. The highest BCUT2D eigenvalue weighted by atomic mass is 32.2. The number of hydrogen-bond acceptors (Lipinski definition) is 4. The van der Waals surface area contributed by atoms with Gasteiger partial charge in [0.1, 0.15) is 34.5 Å². The van der Waals surface area contributed by atoms with Gasteiger partial charge in [-0.05, 0) is 502 Å². The van der Waals surface area contributed by atoms with Crippen LogP contribution in [0, 0.1) is 228 Å². The minimum absolute atomic E-state index is 0.934. The quantitative estimate of drug-likeness (QED) is 0.151. The monoisotopic (exact) mass is 1550 g/mol. The molecule has 0 saturated heterocycles. The summed E-state index contributed by atoms with van der Waals surface area (Å²) in [5.74, 6) is 5.96. The summed E-state index contributed by atoms with van der Waals surface area (Å²) >= 11 is 1.94. The minimum Gasteiger partial charge on any atom is -0.456 e. The fourth-order valence-corrected chi connectivity index (χ4v) is 21.3. The third-order valence-electron chi connectivity index (χ3n) is 29.6. The van der Waals surface area contributed by atoms with E-state index in [2.05, 4.69) is 344 Å². The van der Waals surface area contributed by atoms with E-state index < -0.39 is 0 Å². The van der Waals surface area contributed by atoms with Crippen LogP contribution < -0.4 is 14.2 Å². The summed E-state index contributed by atoms with van der Waals surface area (Å²) < 4.78 is 20.4. The molecule has 0 aromatic heterocycles. The van der Waals surface area contributed by atoms with Crippen LogP contribution in [0.15, 0.2) is 125 Å². The molecule has 0 amide bonds. The van der Waals surface area contributed by atoms with Gasteiger partial charge >= 0.3 is 0 Å². The van der Waals surface area contributed by atoms with Crippen molar-refractivity contribution in [2.75, 3.05) is 0 Å². The molecule has 0 bridgehead atoms. The van der Waals surface area contributed by atoms with Gasteiger partial charge in [-0.25, -0.2) is 0 Å². The molecule has 0 atom stereocenters. The Balaban J connectivity index is 0.000000123. The van der Waals surface area contributed by atoms with Gasteiger partial charge in [0.25, 0.3) is 0 Å². The molecule has 0 radical (unpaired) electrons. The average Bonchev–Trinajstić information content (AvgIpc) is 1.64. The fourth-order valence-electron chi connectivity index (χ4n) is 19.9.